The molecule has 1 aromatic carbocycles. The van der Waals surface area contributed by atoms with E-state index in [0.29, 0.717) is 6.04 Å². The van der Waals surface area contributed by atoms with Crippen molar-refractivity contribution in [1.82, 2.24) is 4.90 Å². The summed E-state index contributed by atoms with van der Waals surface area (Å²) in [6, 6.07) is 9.07. The molecule has 1 aliphatic heterocycles. The van der Waals surface area contributed by atoms with Crippen LogP contribution < -0.4 is 5.73 Å². The van der Waals surface area contributed by atoms with Crippen LogP contribution in [0.25, 0.3) is 0 Å². The lowest BCUT2D eigenvalue weighted by Crippen LogP contribution is -2.50. The highest BCUT2D eigenvalue weighted by Gasteiger charge is 2.31. The summed E-state index contributed by atoms with van der Waals surface area (Å²) in [6.45, 7) is 6.79. The van der Waals surface area contributed by atoms with E-state index >= 15 is 0 Å². The molecule has 1 aromatic rings. The summed E-state index contributed by atoms with van der Waals surface area (Å²) in [6.07, 6.45) is 0. The van der Waals surface area contributed by atoms with Gasteiger partial charge in [0.15, 0.2) is 0 Å². The Hall–Kier alpha value is -0.420. The summed E-state index contributed by atoms with van der Waals surface area (Å²) in [4.78, 5) is 2.45. The van der Waals surface area contributed by atoms with Gasteiger partial charge in [-0.2, -0.15) is 0 Å². The Morgan fingerprint density at radius 3 is 2.78 bits per heavy atom. The predicted octanol–water partition coefficient (Wildman–Crippen LogP) is 2.56. The molecule has 0 bridgehead atoms. The molecule has 100 valence electrons. The molecular weight excluding hydrogens is 292 g/mol. The van der Waals surface area contributed by atoms with Crippen LogP contribution in [0.1, 0.15) is 25.5 Å². The van der Waals surface area contributed by atoms with Gasteiger partial charge in [0.1, 0.15) is 0 Å². The first-order valence-electron chi connectivity index (χ1n) is 6.44. The van der Waals surface area contributed by atoms with E-state index in [9.17, 15) is 0 Å². The van der Waals surface area contributed by atoms with Crippen LogP contribution in [0.15, 0.2) is 28.7 Å². The number of hydrogen-bond acceptors (Lipinski definition) is 3. The average Bonchev–Trinajstić information content (AvgIpc) is 2.34. The Morgan fingerprint density at radius 2 is 2.17 bits per heavy atom. The SMILES string of the molecule is CC(N)C(c1ccccc1Br)N1CCOCC1C. The Morgan fingerprint density at radius 1 is 1.44 bits per heavy atom. The second-order valence-electron chi connectivity index (χ2n) is 4.99. The number of morpholine rings is 1. The minimum atomic E-state index is 0.0873. The van der Waals surface area contributed by atoms with Crippen molar-refractivity contribution in [3.8, 4) is 0 Å². The molecule has 2 N–H and O–H groups in total. The van der Waals surface area contributed by atoms with Crippen LogP contribution in [-0.4, -0.2) is 36.7 Å². The second-order valence-corrected chi connectivity index (χ2v) is 5.84. The Bertz CT molecular complexity index is 397. The predicted molar refractivity (Wildman–Crippen MR) is 77.5 cm³/mol. The van der Waals surface area contributed by atoms with Crippen LogP contribution in [0, 0.1) is 0 Å². The third kappa shape index (κ3) is 2.94. The van der Waals surface area contributed by atoms with E-state index in [1.54, 1.807) is 0 Å². The molecule has 3 nitrogen and oxygen atoms in total. The van der Waals surface area contributed by atoms with Gasteiger partial charge in [0.25, 0.3) is 0 Å². The molecule has 0 aromatic heterocycles. The number of rotatable bonds is 3. The van der Waals surface area contributed by atoms with E-state index in [1.807, 2.05) is 6.07 Å². The van der Waals surface area contributed by atoms with Crippen LogP contribution in [0.3, 0.4) is 0 Å². The molecule has 1 saturated heterocycles. The maximum absolute atomic E-state index is 6.23. The standard InChI is InChI=1S/C14H21BrN2O/c1-10-9-18-8-7-17(10)14(11(2)16)12-5-3-4-6-13(12)15/h3-6,10-11,14H,7-9,16H2,1-2H3. The molecule has 0 radical (unpaired) electrons. The molecular formula is C14H21BrN2O. The molecule has 2 rings (SSSR count). The van der Waals surface area contributed by atoms with Crippen LogP contribution in [0.4, 0.5) is 0 Å². The molecule has 18 heavy (non-hydrogen) atoms. The summed E-state index contributed by atoms with van der Waals surface area (Å²) >= 11 is 3.64. The fraction of sp³-hybridized carbons (Fsp3) is 0.571. The third-order valence-electron chi connectivity index (χ3n) is 3.50. The lowest BCUT2D eigenvalue weighted by atomic mass is 9.97. The summed E-state index contributed by atoms with van der Waals surface area (Å²) < 4.78 is 6.64. The van der Waals surface area contributed by atoms with Crippen molar-refractivity contribution in [2.24, 2.45) is 5.73 Å². The maximum Gasteiger partial charge on any atom is 0.0620 e. The zero-order valence-corrected chi connectivity index (χ0v) is 12.6. The number of ether oxygens (including phenoxy) is 1. The van der Waals surface area contributed by atoms with Crippen LogP contribution in [0.2, 0.25) is 0 Å². The van der Waals surface area contributed by atoms with Crippen molar-refractivity contribution in [3.05, 3.63) is 34.3 Å². The topological polar surface area (TPSA) is 38.5 Å². The highest BCUT2D eigenvalue weighted by atomic mass is 79.9. The quantitative estimate of drug-likeness (QED) is 0.932. The monoisotopic (exact) mass is 312 g/mol. The van der Waals surface area contributed by atoms with Gasteiger partial charge < -0.3 is 10.5 Å². The average molecular weight is 313 g/mol. The van der Waals surface area contributed by atoms with Crippen molar-refractivity contribution in [2.75, 3.05) is 19.8 Å². The Kier molecular flexibility index (Phi) is 4.78. The first kappa shape index (κ1) is 14.0. The number of nitrogens with zero attached hydrogens (tertiary/aromatic N) is 1. The maximum atomic E-state index is 6.23. The molecule has 1 aliphatic rings. The molecule has 4 heteroatoms. The van der Waals surface area contributed by atoms with Crippen molar-refractivity contribution in [2.45, 2.75) is 32.0 Å². The molecule has 1 heterocycles. The van der Waals surface area contributed by atoms with Gasteiger partial charge in [-0.05, 0) is 25.5 Å². The van der Waals surface area contributed by atoms with Crippen LogP contribution >= 0.6 is 15.9 Å². The zero-order chi connectivity index (χ0) is 13.1. The van der Waals surface area contributed by atoms with Crippen LogP contribution in [-0.2, 0) is 4.74 Å². The molecule has 0 spiro atoms. The van der Waals surface area contributed by atoms with Gasteiger partial charge in [-0.3, -0.25) is 4.90 Å². The van der Waals surface area contributed by atoms with Gasteiger partial charge in [0.05, 0.1) is 19.3 Å². The van der Waals surface area contributed by atoms with E-state index in [4.69, 9.17) is 10.5 Å². The van der Waals surface area contributed by atoms with E-state index in [-0.39, 0.29) is 12.1 Å². The van der Waals surface area contributed by atoms with Gasteiger partial charge in [-0.15, -0.1) is 0 Å². The van der Waals surface area contributed by atoms with Gasteiger partial charge in [-0.25, -0.2) is 0 Å². The highest BCUT2D eigenvalue weighted by molar-refractivity contribution is 9.10. The van der Waals surface area contributed by atoms with Crippen molar-refractivity contribution >= 4 is 15.9 Å². The number of benzene rings is 1. The van der Waals surface area contributed by atoms with Gasteiger partial charge in [0, 0.05) is 23.1 Å². The molecule has 3 atom stereocenters. The number of halogens is 1. The normalized spacial score (nSPS) is 24.8. The first-order valence-corrected chi connectivity index (χ1v) is 7.24. The van der Waals surface area contributed by atoms with E-state index in [0.717, 1.165) is 24.2 Å². The first-order chi connectivity index (χ1) is 8.61. The summed E-state index contributed by atoms with van der Waals surface area (Å²) in [5.41, 5.74) is 7.49. The molecule has 0 aliphatic carbocycles. The fourth-order valence-corrected chi connectivity index (χ4v) is 3.15. The third-order valence-corrected chi connectivity index (χ3v) is 4.22. The van der Waals surface area contributed by atoms with E-state index < -0.39 is 0 Å². The molecule has 3 unspecified atom stereocenters. The summed E-state index contributed by atoms with van der Waals surface area (Å²) in [7, 11) is 0. The summed E-state index contributed by atoms with van der Waals surface area (Å²) in [5.74, 6) is 0. The van der Waals surface area contributed by atoms with E-state index in [1.165, 1.54) is 5.56 Å². The van der Waals surface area contributed by atoms with Gasteiger partial charge in [0.2, 0.25) is 0 Å². The highest BCUT2D eigenvalue weighted by Crippen LogP contribution is 2.31. The minimum absolute atomic E-state index is 0.0873. The lowest BCUT2D eigenvalue weighted by molar-refractivity contribution is -0.0270. The van der Waals surface area contributed by atoms with Crippen molar-refractivity contribution < 1.29 is 4.74 Å². The molecule has 0 amide bonds. The number of hydrogen-bond donors (Lipinski definition) is 1. The van der Waals surface area contributed by atoms with E-state index in [2.05, 4.69) is 52.9 Å². The second kappa shape index (κ2) is 6.15. The van der Waals surface area contributed by atoms with Crippen molar-refractivity contribution in [1.29, 1.82) is 0 Å². The van der Waals surface area contributed by atoms with Gasteiger partial charge in [-0.1, -0.05) is 34.1 Å². The Labute approximate surface area is 117 Å². The lowest BCUT2D eigenvalue weighted by Gasteiger charge is -2.41. The number of nitrogens with two attached hydrogens (primary N) is 1. The molecule has 1 fully saturated rings. The van der Waals surface area contributed by atoms with Gasteiger partial charge >= 0.3 is 0 Å². The largest absolute Gasteiger partial charge is 0.379 e. The zero-order valence-electron chi connectivity index (χ0n) is 11.0. The smallest absolute Gasteiger partial charge is 0.0620 e. The van der Waals surface area contributed by atoms with Crippen molar-refractivity contribution in [3.63, 3.8) is 0 Å². The molecule has 0 saturated carbocycles. The fourth-order valence-electron chi connectivity index (χ4n) is 2.63. The van der Waals surface area contributed by atoms with Crippen LogP contribution in [0.5, 0.6) is 0 Å². The Balaban J connectivity index is 2.31. The minimum Gasteiger partial charge on any atom is -0.379 e. The summed E-state index contributed by atoms with van der Waals surface area (Å²) in [5, 5.41) is 0.